The summed E-state index contributed by atoms with van der Waals surface area (Å²) in [5, 5.41) is 15.3. The molecule has 1 fully saturated rings. The molecule has 4 rings (SSSR count). The maximum Gasteiger partial charge on any atom is 0.335 e. The summed E-state index contributed by atoms with van der Waals surface area (Å²) in [6.07, 6.45) is -2.91. The summed E-state index contributed by atoms with van der Waals surface area (Å²) in [7, 11) is -4.54. The number of aromatic nitrogens is 4. The van der Waals surface area contributed by atoms with E-state index in [0.717, 1.165) is 21.3 Å². The van der Waals surface area contributed by atoms with Crippen LogP contribution in [0, 0.1) is 17.1 Å². The first-order chi connectivity index (χ1) is 14.6. The fraction of sp³-hybridized carbons (Fsp3) is 0.375. The highest BCUT2D eigenvalue weighted by molar-refractivity contribution is 7.89. The summed E-state index contributed by atoms with van der Waals surface area (Å²) in [6, 6.07) is 3.54. The molecule has 1 saturated heterocycles. The highest BCUT2D eigenvalue weighted by Gasteiger charge is 2.43. The normalized spacial score (nSPS) is 15.9. The van der Waals surface area contributed by atoms with Crippen molar-refractivity contribution < 1.29 is 26.3 Å². The van der Waals surface area contributed by atoms with Crippen LogP contribution < -0.4 is 10.4 Å². The van der Waals surface area contributed by atoms with Gasteiger partial charge in [0.15, 0.2) is 10.5 Å². The van der Waals surface area contributed by atoms with Gasteiger partial charge in [0.1, 0.15) is 10.7 Å². The first-order valence-corrected chi connectivity index (χ1v) is 11.0. The number of hydrogen-bond donors (Lipinski definition) is 1. The van der Waals surface area contributed by atoms with E-state index in [1.807, 2.05) is 0 Å². The Morgan fingerprint density at radius 3 is 2.58 bits per heavy atom. The molecule has 10 nitrogen and oxygen atoms in total. The van der Waals surface area contributed by atoms with Crippen molar-refractivity contribution in [2.75, 3.05) is 13.2 Å². The van der Waals surface area contributed by atoms with Gasteiger partial charge in [0.2, 0.25) is 15.2 Å². The molecule has 1 aliphatic heterocycles. The molecule has 0 spiro atoms. The van der Waals surface area contributed by atoms with Gasteiger partial charge in [-0.2, -0.15) is 9.98 Å². The van der Waals surface area contributed by atoms with E-state index < -0.39 is 43.4 Å². The van der Waals surface area contributed by atoms with E-state index in [4.69, 9.17) is 4.74 Å². The van der Waals surface area contributed by atoms with Crippen molar-refractivity contribution in [1.82, 2.24) is 24.1 Å². The van der Waals surface area contributed by atoms with Crippen LogP contribution >= 0.6 is 11.3 Å². The summed E-state index contributed by atoms with van der Waals surface area (Å²) >= 11 is 0.450. The van der Waals surface area contributed by atoms with Gasteiger partial charge in [-0.3, -0.25) is 4.57 Å². The molecular formula is C16H13F3N6O4S2. The molecule has 0 bridgehead atoms. The Kier molecular flexibility index (Phi) is 5.12. The van der Waals surface area contributed by atoms with Crippen LogP contribution in [0.3, 0.4) is 0 Å². The molecule has 1 aliphatic rings. The molecule has 2 aromatic heterocycles. The lowest BCUT2D eigenvalue weighted by Crippen LogP contribution is -2.61. The number of imidazole rings is 1. The molecule has 0 atom stereocenters. The van der Waals surface area contributed by atoms with Gasteiger partial charge in [-0.15, -0.1) is 10.2 Å². The number of rotatable bonds is 6. The van der Waals surface area contributed by atoms with Crippen molar-refractivity contribution in [3.05, 3.63) is 33.4 Å². The van der Waals surface area contributed by atoms with Crippen molar-refractivity contribution in [2.45, 2.75) is 30.3 Å². The Morgan fingerprint density at radius 2 is 2.06 bits per heavy atom. The van der Waals surface area contributed by atoms with Crippen LogP contribution in [-0.4, -0.2) is 46.5 Å². The maximum absolute atomic E-state index is 14.8. The summed E-state index contributed by atoms with van der Waals surface area (Å²) in [6.45, 7) is 1.30. The zero-order chi connectivity index (χ0) is 22.6. The number of aryl methyl sites for hydroxylation is 1. The number of nitriles is 1. The van der Waals surface area contributed by atoms with Gasteiger partial charge in [0.25, 0.3) is 6.43 Å². The van der Waals surface area contributed by atoms with E-state index in [1.165, 1.54) is 0 Å². The lowest BCUT2D eigenvalue weighted by molar-refractivity contribution is -0.0324. The number of halogens is 3. The fourth-order valence-corrected chi connectivity index (χ4v) is 5.20. The van der Waals surface area contributed by atoms with Gasteiger partial charge in [-0.25, -0.2) is 31.0 Å². The Labute approximate surface area is 176 Å². The predicted octanol–water partition coefficient (Wildman–Crippen LogP) is 1.31. The number of benzene rings is 1. The average Bonchev–Trinajstić information content (AvgIpc) is 3.26. The molecule has 15 heteroatoms. The number of ether oxygens (including phenoxy) is 1. The zero-order valence-corrected chi connectivity index (χ0v) is 17.3. The highest BCUT2D eigenvalue weighted by atomic mass is 32.2. The molecule has 31 heavy (non-hydrogen) atoms. The minimum absolute atomic E-state index is 0.0414. The lowest BCUT2D eigenvalue weighted by atomic mass is 10.0. The molecule has 3 aromatic rings. The van der Waals surface area contributed by atoms with Crippen LogP contribution in [0.5, 0.6) is 0 Å². The lowest BCUT2D eigenvalue weighted by Gasteiger charge is -2.35. The monoisotopic (exact) mass is 474 g/mol. The van der Waals surface area contributed by atoms with Gasteiger partial charge in [-0.1, -0.05) is 11.3 Å². The van der Waals surface area contributed by atoms with Crippen molar-refractivity contribution in [1.29, 1.82) is 5.26 Å². The van der Waals surface area contributed by atoms with Crippen LogP contribution in [0.2, 0.25) is 0 Å². The summed E-state index contributed by atoms with van der Waals surface area (Å²) < 4.78 is 75.3. The third kappa shape index (κ3) is 3.41. The number of sulfonamides is 1. The zero-order valence-electron chi connectivity index (χ0n) is 15.7. The Morgan fingerprint density at radius 1 is 1.35 bits per heavy atom. The largest absolute Gasteiger partial charge is 0.375 e. The Bertz CT molecular complexity index is 1380. The molecule has 0 unspecified atom stereocenters. The van der Waals surface area contributed by atoms with Crippen molar-refractivity contribution in [3.8, 4) is 11.2 Å². The third-order valence-corrected chi connectivity index (χ3v) is 7.10. The third-order valence-electron chi connectivity index (χ3n) is 4.64. The Hall–Kier alpha value is -2.80. The van der Waals surface area contributed by atoms with E-state index >= 15 is 0 Å². The maximum atomic E-state index is 14.8. The molecule has 164 valence electrons. The summed E-state index contributed by atoms with van der Waals surface area (Å²) in [5.41, 5.74) is -2.28. The summed E-state index contributed by atoms with van der Waals surface area (Å²) in [5.74, 6) is -1.15. The van der Waals surface area contributed by atoms with Gasteiger partial charge in [0, 0.05) is 12.6 Å². The van der Waals surface area contributed by atoms with Gasteiger partial charge < -0.3 is 4.74 Å². The molecule has 0 aliphatic carbocycles. The molecule has 1 N–H and O–H groups in total. The minimum Gasteiger partial charge on any atom is -0.375 e. The van der Waals surface area contributed by atoms with Crippen LogP contribution in [0.15, 0.2) is 21.8 Å². The van der Waals surface area contributed by atoms with E-state index in [0.29, 0.717) is 11.3 Å². The van der Waals surface area contributed by atoms with E-state index in [2.05, 4.69) is 14.9 Å². The van der Waals surface area contributed by atoms with Crippen molar-refractivity contribution >= 4 is 32.4 Å². The van der Waals surface area contributed by atoms with Crippen molar-refractivity contribution in [2.24, 2.45) is 0 Å². The molecule has 0 saturated carbocycles. The topological polar surface area (TPSA) is 132 Å². The average molecular weight is 474 g/mol. The second-order valence-corrected chi connectivity index (χ2v) is 9.29. The van der Waals surface area contributed by atoms with Crippen LogP contribution in [-0.2, 0) is 21.3 Å². The van der Waals surface area contributed by atoms with Gasteiger partial charge >= 0.3 is 5.69 Å². The van der Waals surface area contributed by atoms with Gasteiger partial charge in [0.05, 0.1) is 30.3 Å². The molecule has 0 radical (unpaired) electrons. The number of nitrogens with zero attached hydrogens (tertiary/aromatic N) is 5. The van der Waals surface area contributed by atoms with E-state index in [1.54, 1.807) is 13.0 Å². The van der Waals surface area contributed by atoms with Crippen LogP contribution in [0.25, 0.3) is 16.2 Å². The predicted molar refractivity (Wildman–Crippen MR) is 101 cm³/mol. The number of fused-ring (bicyclic) bond motifs is 1. The Balaban J connectivity index is 1.93. The first kappa shape index (κ1) is 21.4. The molecule has 0 amide bonds. The van der Waals surface area contributed by atoms with Gasteiger partial charge in [-0.05, 0) is 13.0 Å². The summed E-state index contributed by atoms with van der Waals surface area (Å²) in [4.78, 5) is 12.0. The van der Waals surface area contributed by atoms with E-state index in [9.17, 15) is 31.6 Å². The minimum atomic E-state index is -4.54. The quantitative estimate of drug-likeness (QED) is 0.570. The number of nitrogens with one attached hydrogen (secondary N) is 1. The smallest absolute Gasteiger partial charge is 0.335 e. The SMILES string of the molecule is CCn1c(=O)n(-c2nnc(C(F)F)s2)c2cc(S(=O)(=O)NC3(C#N)COC3)c(F)cc21. The second kappa shape index (κ2) is 7.41. The van der Waals surface area contributed by atoms with Crippen LogP contribution in [0.4, 0.5) is 13.2 Å². The van der Waals surface area contributed by atoms with E-state index in [-0.39, 0.29) is 35.9 Å². The fourth-order valence-electron chi connectivity index (χ4n) is 3.12. The van der Waals surface area contributed by atoms with Crippen molar-refractivity contribution in [3.63, 3.8) is 0 Å². The van der Waals surface area contributed by atoms with Crippen LogP contribution in [0.1, 0.15) is 18.4 Å². The molecule has 1 aromatic carbocycles. The number of hydrogen-bond acceptors (Lipinski definition) is 8. The first-order valence-electron chi connectivity index (χ1n) is 8.72. The number of alkyl halides is 2. The molecular weight excluding hydrogens is 461 g/mol. The standard InChI is InChI=1S/C16H13F3N6O4S2/c1-2-24-9-3-8(17)11(31(27,28)23-16(5-20)6-29-7-16)4-10(9)25(15(24)26)14-22-21-13(30-14)12(18)19/h3-4,12,23H,2,6-7H2,1H3. The molecule has 3 heterocycles. The highest BCUT2D eigenvalue weighted by Crippen LogP contribution is 2.29. The second-order valence-electron chi connectivity index (χ2n) is 6.65.